The van der Waals surface area contributed by atoms with Crippen LogP contribution in [0.2, 0.25) is 0 Å². The van der Waals surface area contributed by atoms with E-state index >= 15 is 0 Å². The highest BCUT2D eigenvalue weighted by atomic mass is 79.9. The molecule has 0 bridgehead atoms. The van der Waals surface area contributed by atoms with Gasteiger partial charge in [0.1, 0.15) is 0 Å². The van der Waals surface area contributed by atoms with E-state index in [9.17, 15) is 9.59 Å². The molecule has 1 aliphatic carbocycles. The number of carbonyl (C=O) groups excluding carboxylic acids is 2. The molecule has 0 radical (unpaired) electrons. The quantitative estimate of drug-likeness (QED) is 0.713. The Kier molecular flexibility index (Phi) is 5.34. The van der Waals surface area contributed by atoms with Gasteiger partial charge in [-0.15, -0.1) is 0 Å². The van der Waals surface area contributed by atoms with Gasteiger partial charge in [-0.2, -0.15) is 0 Å². The lowest BCUT2D eigenvalue weighted by molar-refractivity contribution is -0.117. The highest BCUT2D eigenvalue weighted by molar-refractivity contribution is 9.10. The molecule has 4 nitrogen and oxygen atoms in total. The summed E-state index contributed by atoms with van der Waals surface area (Å²) in [5.74, 6) is -0.0222. The summed E-state index contributed by atoms with van der Waals surface area (Å²) in [5, 5.41) is 5.76. The highest BCUT2D eigenvalue weighted by Gasteiger charge is 2.29. The molecule has 0 aliphatic heterocycles. The van der Waals surface area contributed by atoms with E-state index in [1.165, 1.54) is 6.08 Å². The second-order valence-corrected chi connectivity index (χ2v) is 6.99. The molecule has 0 aromatic heterocycles. The molecule has 0 unspecified atom stereocenters. The zero-order chi connectivity index (χ0) is 17.8. The lowest BCUT2D eigenvalue weighted by Gasteiger charge is -2.10. The second kappa shape index (κ2) is 7.66. The van der Waals surface area contributed by atoms with Gasteiger partial charge >= 0.3 is 0 Å². The molecule has 3 rings (SSSR count). The second-order valence-electron chi connectivity index (χ2n) is 6.14. The molecule has 0 saturated heterocycles. The third-order valence-corrected chi connectivity index (χ3v) is 4.75. The lowest BCUT2D eigenvalue weighted by Crippen LogP contribution is -2.14. The van der Waals surface area contributed by atoms with Crippen LogP contribution in [-0.4, -0.2) is 11.8 Å². The van der Waals surface area contributed by atoms with Crippen LogP contribution in [0.1, 0.15) is 24.0 Å². The molecular weight excluding hydrogens is 380 g/mol. The summed E-state index contributed by atoms with van der Waals surface area (Å²) in [6, 6.07) is 13.2. The molecule has 25 heavy (non-hydrogen) atoms. The molecule has 0 spiro atoms. The maximum atomic E-state index is 12.2. The minimum absolute atomic E-state index is 0.0509. The number of aryl methyl sites for hydroxylation is 1. The standard InChI is InChI=1S/C20H19BrN2O2/c1-13-6-10-16(22-20(25)15-7-8-15)12-18(13)23-19(24)11-9-14-4-2-3-5-17(14)21/h2-6,9-12,15H,7-8H2,1H3,(H,22,25)(H,23,24). The van der Waals surface area contributed by atoms with Crippen LogP contribution in [0.15, 0.2) is 53.0 Å². The number of halogens is 1. The van der Waals surface area contributed by atoms with E-state index in [0.29, 0.717) is 11.4 Å². The van der Waals surface area contributed by atoms with Crippen molar-refractivity contribution < 1.29 is 9.59 Å². The number of hydrogen-bond donors (Lipinski definition) is 2. The van der Waals surface area contributed by atoms with Gasteiger partial charge in [-0.3, -0.25) is 9.59 Å². The molecule has 1 fully saturated rings. The SMILES string of the molecule is Cc1ccc(NC(=O)C2CC2)cc1NC(=O)C=Cc1ccccc1Br. The van der Waals surface area contributed by atoms with Crippen LogP contribution in [0.3, 0.4) is 0 Å². The van der Waals surface area contributed by atoms with E-state index in [-0.39, 0.29) is 17.7 Å². The Bertz CT molecular complexity index is 841. The molecule has 2 N–H and O–H groups in total. The average molecular weight is 399 g/mol. The number of rotatable bonds is 5. The van der Waals surface area contributed by atoms with Gasteiger partial charge in [-0.1, -0.05) is 40.2 Å². The third-order valence-electron chi connectivity index (χ3n) is 4.03. The van der Waals surface area contributed by atoms with E-state index in [1.54, 1.807) is 12.1 Å². The predicted octanol–water partition coefficient (Wildman–Crippen LogP) is 4.76. The number of carbonyl (C=O) groups is 2. The van der Waals surface area contributed by atoms with Crippen LogP contribution in [0, 0.1) is 12.8 Å². The van der Waals surface area contributed by atoms with Gasteiger partial charge in [0, 0.05) is 27.8 Å². The maximum Gasteiger partial charge on any atom is 0.248 e. The topological polar surface area (TPSA) is 58.2 Å². The smallest absolute Gasteiger partial charge is 0.248 e. The first-order valence-electron chi connectivity index (χ1n) is 8.18. The number of nitrogens with one attached hydrogen (secondary N) is 2. The van der Waals surface area contributed by atoms with Crippen molar-refractivity contribution in [3.8, 4) is 0 Å². The zero-order valence-electron chi connectivity index (χ0n) is 13.9. The number of hydrogen-bond acceptors (Lipinski definition) is 2. The van der Waals surface area contributed by atoms with Gasteiger partial charge in [0.15, 0.2) is 0 Å². The average Bonchev–Trinajstić information content (AvgIpc) is 3.42. The fraction of sp³-hybridized carbons (Fsp3) is 0.200. The molecule has 2 aromatic carbocycles. The summed E-state index contributed by atoms with van der Waals surface area (Å²) in [6.07, 6.45) is 5.17. The molecule has 5 heteroatoms. The van der Waals surface area contributed by atoms with Crippen LogP contribution >= 0.6 is 15.9 Å². The number of amides is 2. The van der Waals surface area contributed by atoms with E-state index in [1.807, 2.05) is 43.3 Å². The summed E-state index contributed by atoms with van der Waals surface area (Å²) in [6.45, 7) is 1.92. The van der Waals surface area contributed by atoms with Crippen LogP contribution < -0.4 is 10.6 Å². The Morgan fingerprint density at radius 2 is 1.88 bits per heavy atom. The van der Waals surface area contributed by atoms with Crippen molar-refractivity contribution in [1.29, 1.82) is 0 Å². The van der Waals surface area contributed by atoms with Crippen LogP contribution in [0.4, 0.5) is 11.4 Å². The molecule has 0 heterocycles. The van der Waals surface area contributed by atoms with Gasteiger partial charge in [0.2, 0.25) is 11.8 Å². The minimum Gasteiger partial charge on any atom is -0.326 e. The van der Waals surface area contributed by atoms with Crippen LogP contribution in [-0.2, 0) is 9.59 Å². The Morgan fingerprint density at radius 1 is 1.12 bits per heavy atom. The minimum atomic E-state index is -0.218. The summed E-state index contributed by atoms with van der Waals surface area (Å²) in [5.41, 5.74) is 3.26. The molecule has 2 aromatic rings. The number of anilines is 2. The van der Waals surface area contributed by atoms with Crippen LogP contribution in [0.5, 0.6) is 0 Å². The van der Waals surface area contributed by atoms with Crippen molar-refractivity contribution in [2.24, 2.45) is 5.92 Å². The van der Waals surface area contributed by atoms with Gasteiger partial charge in [0.05, 0.1) is 0 Å². The van der Waals surface area contributed by atoms with Gasteiger partial charge in [0.25, 0.3) is 0 Å². The van der Waals surface area contributed by atoms with Crippen molar-refractivity contribution in [2.75, 3.05) is 10.6 Å². The molecular formula is C20H19BrN2O2. The van der Waals surface area contributed by atoms with Crippen molar-refractivity contribution in [3.05, 3.63) is 64.1 Å². The van der Waals surface area contributed by atoms with E-state index < -0.39 is 0 Å². The van der Waals surface area contributed by atoms with Gasteiger partial charge < -0.3 is 10.6 Å². The fourth-order valence-corrected chi connectivity index (χ4v) is 2.79. The zero-order valence-corrected chi connectivity index (χ0v) is 15.5. The normalized spacial score (nSPS) is 13.7. The molecule has 1 saturated carbocycles. The summed E-state index contributed by atoms with van der Waals surface area (Å²) in [4.78, 5) is 24.1. The Morgan fingerprint density at radius 3 is 2.60 bits per heavy atom. The van der Waals surface area contributed by atoms with Crippen molar-refractivity contribution in [3.63, 3.8) is 0 Å². The molecule has 128 valence electrons. The van der Waals surface area contributed by atoms with Crippen molar-refractivity contribution in [1.82, 2.24) is 0 Å². The molecule has 2 amide bonds. The monoisotopic (exact) mass is 398 g/mol. The predicted molar refractivity (Wildman–Crippen MR) is 104 cm³/mol. The first-order chi connectivity index (χ1) is 12.0. The van der Waals surface area contributed by atoms with Crippen molar-refractivity contribution in [2.45, 2.75) is 19.8 Å². The maximum absolute atomic E-state index is 12.2. The Hall–Kier alpha value is -2.40. The lowest BCUT2D eigenvalue weighted by atomic mass is 10.1. The van der Waals surface area contributed by atoms with E-state index in [0.717, 1.165) is 28.4 Å². The van der Waals surface area contributed by atoms with Crippen LogP contribution in [0.25, 0.3) is 6.08 Å². The van der Waals surface area contributed by atoms with E-state index in [2.05, 4.69) is 26.6 Å². The Balaban J connectivity index is 1.67. The summed E-state index contributed by atoms with van der Waals surface area (Å²) in [7, 11) is 0. The Labute approximate surface area is 155 Å². The third kappa shape index (κ3) is 4.79. The van der Waals surface area contributed by atoms with Crippen molar-refractivity contribution >= 4 is 45.2 Å². The first kappa shape index (κ1) is 17.4. The summed E-state index contributed by atoms with van der Waals surface area (Å²) < 4.78 is 0.931. The summed E-state index contributed by atoms with van der Waals surface area (Å²) >= 11 is 3.45. The molecule has 1 aliphatic rings. The van der Waals surface area contributed by atoms with Gasteiger partial charge in [-0.25, -0.2) is 0 Å². The highest BCUT2D eigenvalue weighted by Crippen LogP contribution is 2.30. The van der Waals surface area contributed by atoms with E-state index in [4.69, 9.17) is 0 Å². The number of benzene rings is 2. The molecule has 0 atom stereocenters. The fourth-order valence-electron chi connectivity index (χ4n) is 2.37. The largest absolute Gasteiger partial charge is 0.326 e. The first-order valence-corrected chi connectivity index (χ1v) is 8.97. The van der Waals surface area contributed by atoms with Gasteiger partial charge in [-0.05, 0) is 55.2 Å².